The number of carbonyl (C=O) groups excluding carboxylic acids is 3. The third-order valence-electron chi connectivity index (χ3n) is 7.28. The Morgan fingerprint density at radius 2 is 1.24 bits per heavy atom. The number of carbonyl (C=O) groups is 7. The van der Waals surface area contributed by atoms with Crippen LogP contribution < -0.4 is 32.3 Å². The Bertz CT molecular complexity index is 1810. The molecule has 0 bridgehead atoms. The minimum Gasteiger partial charge on any atom is -0.481 e. The van der Waals surface area contributed by atoms with Gasteiger partial charge in [0, 0.05) is 37.6 Å². The Balaban J connectivity index is 1.73. The second kappa shape index (κ2) is 17.6. The molecular formula is C30H36N10O11. The first-order chi connectivity index (χ1) is 24.0. The zero-order chi connectivity index (χ0) is 37.8. The van der Waals surface area contributed by atoms with Crippen molar-refractivity contribution in [2.45, 2.75) is 63.2 Å². The van der Waals surface area contributed by atoms with E-state index in [0.29, 0.717) is 11.4 Å². The molecule has 1 aromatic carbocycles. The van der Waals surface area contributed by atoms with Crippen LogP contribution >= 0.6 is 0 Å². The summed E-state index contributed by atoms with van der Waals surface area (Å²) in [5.74, 6) is -8.46. The minimum atomic E-state index is -1.67. The quantitative estimate of drug-likeness (QED) is 0.0717. The van der Waals surface area contributed by atoms with Gasteiger partial charge in [-0.05, 0) is 43.5 Å². The SMILES string of the molecule is CN(Cc1cnc2nc(N)nc(N)c2n1)c1ccc(C(=O)N[C@@H](CCC(=O)O)C(=O)N[C@@H](CCC(=O)O)C(=O)N[C@@H](CCC(=O)O)C(=O)O)cc1. The molecule has 0 saturated heterocycles. The standard InChI is InChI=1S/C30H36N10O11/c1-40(13-15-12-33-25-23(34-15)24(31)38-30(32)39-25)16-4-2-14(3-5-16)26(47)35-17(6-9-20(41)42)27(48)36-18(7-10-21(43)44)28(49)37-19(29(50)51)8-11-22(45)46/h2-5,12,17-19H,6-11,13H2,1H3,(H,35,47)(H,36,48)(H,37,49)(H,41,42)(H,43,44)(H,45,46)(H,50,51)(H4,31,32,33,38,39)/t17-,18-,19-/m0/s1. The molecule has 3 atom stereocenters. The van der Waals surface area contributed by atoms with Crippen molar-refractivity contribution in [2.75, 3.05) is 23.4 Å². The molecule has 21 nitrogen and oxygen atoms in total. The van der Waals surface area contributed by atoms with Gasteiger partial charge >= 0.3 is 23.9 Å². The van der Waals surface area contributed by atoms with Crippen LogP contribution in [0.3, 0.4) is 0 Å². The van der Waals surface area contributed by atoms with Gasteiger partial charge in [0.05, 0.1) is 18.4 Å². The minimum absolute atomic E-state index is 0.0399. The Morgan fingerprint density at radius 1 is 0.725 bits per heavy atom. The van der Waals surface area contributed by atoms with Crippen LogP contribution in [0.5, 0.6) is 0 Å². The van der Waals surface area contributed by atoms with Crippen LogP contribution in [0.2, 0.25) is 0 Å². The predicted molar refractivity (Wildman–Crippen MR) is 176 cm³/mol. The summed E-state index contributed by atoms with van der Waals surface area (Å²) in [6.45, 7) is 0.263. The molecule has 3 aromatic rings. The smallest absolute Gasteiger partial charge is 0.326 e. The van der Waals surface area contributed by atoms with Crippen molar-refractivity contribution in [3.8, 4) is 0 Å². The summed E-state index contributed by atoms with van der Waals surface area (Å²) >= 11 is 0. The lowest BCUT2D eigenvalue weighted by atomic mass is 10.1. The van der Waals surface area contributed by atoms with E-state index in [1.165, 1.54) is 18.3 Å². The maximum Gasteiger partial charge on any atom is 0.326 e. The highest BCUT2D eigenvalue weighted by atomic mass is 16.4. The lowest BCUT2D eigenvalue weighted by Crippen LogP contribution is -2.56. The molecule has 0 saturated carbocycles. The van der Waals surface area contributed by atoms with Gasteiger partial charge in [-0.2, -0.15) is 9.97 Å². The van der Waals surface area contributed by atoms with E-state index in [1.54, 1.807) is 24.1 Å². The summed E-state index contributed by atoms with van der Waals surface area (Å²) < 4.78 is 0. The highest BCUT2D eigenvalue weighted by molar-refractivity contribution is 5.99. The number of anilines is 3. The van der Waals surface area contributed by atoms with Crippen LogP contribution in [-0.2, 0) is 35.3 Å². The third kappa shape index (κ3) is 11.8. The number of amides is 3. The number of fused-ring (bicyclic) bond motifs is 1. The summed E-state index contributed by atoms with van der Waals surface area (Å²) in [5, 5.41) is 43.4. The maximum absolute atomic E-state index is 13.3. The molecule has 0 aliphatic carbocycles. The van der Waals surface area contributed by atoms with Gasteiger partial charge in [-0.15, -0.1) is 0 Å². The molecule has 0 fully saturated rings. The van der Waals surface area contributed by atoms with Crippen molar-refractivity contribution in [2.24, 2.45) is 0 Å². The number of benzene rings is 1. The largest absolute Gasteiger partial charge is 0.481 e. The molecule has 0 radical (unpaired) electrons. The van der Waals surface area contributed by atoms with E-state index in [-0.39, 0.29) is 35.0 Å². The highest BCUT2D eigenvalue weighted by Gasteiger charge is 2.30. The van der Waals surface area contributed by atoms with Crippen LogP contribution in [0.25, 0.3) is 11.2 Å². The van der Waals surface area contributed by atoms with E-state index in [9.17, 15) is 43.8 Å². The second-order valence-electron chi connectivity index (χ2n) is 11.2. The van der Waals surface area contributed by atoms with E-state index in [2.05, 4.69) is 35.9 Å². The van der Waals surface area contributed by atoms with Gasteiger partial charge in [-0.3, -0.25) is 28.8 Å². The monoisotopic (exact) mass is 712 g/mol. The molecular weight excluding hydrogens is 676 g/mol. The number of nitrogens with zero attached hydrogens (tertiary/aromatic N) is 5. The Hall–Kier alpha value is -6.67. The number of rotatable bonds is 19. The molecule has 51 heavy (non-hydrogen) atoms. The topological polar surface area (TPSA) is 343 Å². The highest BCUT2D eigenvalue weighted by Crippen LogP contribution is 2.19. The number of nitrogens with one attached hydrogen (secondary N) is 3. The summed E-state index contributed by atoms with van der Waals surface area (Å²) in [4.78, 5) is 103. The fraction of sp³-hybridized carbons (Fsp3) is 0.367. The predicted octanol–water partition coefficient (Wildman–Crippen LogP) is -1.03. The van der Waals surface area contributed by atoms with E-state index < -0.39 is 98.2 Å². The Morgan fingerprint density at radius 3 is 1.76 bits per heavy atom. The number of nitrogen functional groups attached to an aromatic ring is 2. The van der Waals surface area contributed by atoms with Gasteiger partial charge in [0.1, 0.15) is 18.1 Å². The molecule has 0 aliphatic rings. The molecule has 11 N–H and O–H groups in total. The first-order valence-corrected chi connectivity index (χ1v) is 15.2. The van der Waals surface area contributed by atoms with E-state index in [4.69, 9.17) is 21.7 Å². The van der Waals surface area contributed by atoms with Gasteiger partial charge < -0.3 is 52.7 Å². The van der Waals surface area contributed by atoms with Crippen LogP contribution in [0, 0.1) is 0 Å². The molecule has 3 rings (SSSR count). The number of hydrogen-bond acceptors (Lipinski definition) is 14. The Kier molecular flexibility index (Phi) is 13.4. The molecule has 0 spiro atoms. The molecule has 272 valence electrons. The maximum atomic E-state index is 13.3. The van der Waals surface area contributed by atoms with Gasteiger partial charge in [0.2, 0.25) is 17.8 Å². The van der Waals surface area contributed by atoms with Crippen LogP contribution in [0.15, 0.2) is 30.5 Å². The average Bonchev–Trinajstić information content (AvgIpc) is 3.06. The van der Waals surface area contributed by atoms with Crippen molar-refractivity contribution in [3.63, 3.8) is 0 Å². The van der Waals surface area contributed by atoms with Crippen LogP contribution in [0.1, 0.15) is 54.6 Å². The number of nitrogens with two attached hydrogens (primary N) is 2. The third-order valence-corrected chi connectivity index (χ3v) is 7.28. The molecule has 21 heteroatoms. The molecule has 2 heterocycles. The molecule has 3 amide bonds. The van der Waals surface area contributed by atoms with Gasteiger partial charge in [-0.1, -0.05) is 0 Å². The first kappa shape index (κ1) is 38.8. The second-order valence-corrected chi connectivity index (χ2v) is 11.2. The van der Waals surface area contributed by atoms with Crippen molar-refractivity contribution in [3.05, 3.63) is 41.7 Å². The zero-order valence-electron chi connectivity index (χ0n) is 27.1. The summed E-state index contributed by atoms with van der Waals surface area (Å²) in [7, 11) is 1.75. The zero-order valence-corrected chi connectivity index (χ0v) is 27.1. The van der Waals surface area contributed by atoms with Gasteiger partial charge in [0.15, 0.2) is 17.0 Å². The average molecular weight is 713 g/mol. The lowest BCUT2D eigenvalue weighted by Gasteiger charge is -2.24. The summed E-state index contributed by atoms with van der Waals surface area (Å²) in [6.07, 6.45) is -1.75. The fourth-order valence-electron chi connectivity index (χ4n) is 4.65. The van der Waals surface area contributed by atoms with E-state index >= 15 is 0 Å². The number of aliphatic carboxylic acids is 4. The van der Waals surface area contributed by atoms with Crippen molar-refractivity contribution >= 4 is 70.2 Å². The number of carboxylic acids is 4. The van der Waals surface area contributed by atoms with E-state index in [1.807, 2.05) is 0 Å². The van der Waals surface area contributed by atoms with Crippen molar-refractivity contribution < 1.29 is 54.0 Å². The van der Waals surface area contributed by atoms with Gasteiger partial charge in [-0.25, -0.2) is 14.8 Å². The van der Waals surface area contributed by atoms with E-state index in [0.717, 1.165) is 0 Å². The van der Waals surface area contributed by atoms with Gasteiger partial charge in [0.25, 0.3) is 5.91 Å². The van der Waals surface area contributed by atoms with Crippen molar-refractivity contribution in [1.82, 2.24) is 35.9 Å². The number of hydrogen-bond donors (Lipinski definition) is 9. The molecule has 2 aromatic heterocycles. The molecule has 0 unspecified atom stereocenters. The Labute approximate surface area is 288 Å². The summed E-state index contributed by atoms with van der Waals surface area (Å²) in [6, 6.07) is 1.27. The number of carboxylic acid groups (broad SMARTS) is 4. The fourth-order valence-corrected chi connectivity index (χ4v) is 4.65. The van der Waals surface area contributed by atoms with Crippen LogP contribution in [-0.4, -0.2) is 107 Å². The lowest BCUT2D eigenvalue weighted by molar-refractivity contribution is -0.144. The number of aromatic nitrogens is 4. The normalized spacial score (nSPS) is 12.6. The molecule has 0 aliphatic heterocycles. The van der Waals surface area contributed by atoms with Crippen LogP contribution in [0.4, 0.5) is 17.5 Å². The van der Waals surface area contributed by atoms with Crippen molar-refractivity contribution in [1.29, 1.82) is 0 Å². The first-order valence-electron chi connectivity index (χ1n) is 15.2. The summed E-state index contributed by atoms with van der Waals surface area (Å²) in [5.41, 5.74) is 13.2.